The van der Waals surface area contributed by atoms with Gasteiger partial charge in [0, 0.05) is 34.4 Å². The summed E-state index contributed by atoms with van der Waals surface area (Å²) in [7, 11) is 0. The van der Waals surface area contributed by atoms with Gasteiger partial charge in [0.15, 0.2) is 11.6 Å². The Bertz CT molecular complexity index is 665. The summed E-state index contributed by atoms with van der Waals surface area (Å²) in [6.07, 6.45) is 0. The van der Waals surface area contributed by atoms with Crippen LogP contribution in [0.4, 0.5) is 20.2 Å². The summed E-state index contributed by atoms with van der Waals surface area (Å²) < 4.78 is 26.4. The van der Waals surface area contributed by atoms with Crippen LogP contribution in [0, 0.1) is 21.7 Å². The predicted molar refractivity (Wildman–Crippen MR) is 74.5 cm³/mol. The molecular weight excluding hydrogens is 334 g/mol. The van der Waals surface area contributed by atoms with Gasteiger partial charge in [0.1, 0.15) is 0 Å². The van der Waals surface area contributed by atoms with Gasteiger partial charge in [-0.15, -0.1) is 0 Å². The third kappa shape index (κ3) is 3.30. The van der Waals surface area contributed by atoms with Crippen molar-refractivity contribution in [1.82, 2.24) is 0 Å². The van der Waals surface area contributed by atoms with Crippen molar-refractivity contribution in [2.45, 2.75) is 6.54 Å². The molecule has 2 rings (SSSR count). The second-order valence-electron chi connectivity index (χ2n) is 4.01. The second kappa shape index (κ2) is 5.96. The smallest absolute Gasteiger partial charge is 0.275 e. The minimum absolute atomic E-state index is 0.0468. The molecule has 104 valence electrons. The molecule has 0 radical (unpaired) electrons. The first-order valence-electron chi connectivity index (χ1n) is 5.59. The maximum absolute atomic E-state index is 13.0. The van der Waals surface area contributed by atoms with Crippen molar-refractivity contribution in [1.29, 1.82) is 0 Å². The van der Waals surface area contributed by atoms with Crippen LogP contribution in [0.2, 0.25) is 0 Å². The topological polar surface area (TPSA) is 55.2 Å². The van der Waals surface area contributed by atoms with E-state index in [1.807, 2.05) is 0 Å². The lowest BCUT2D eigenvalue weighted by molar-refractivity contribution is -0.385. The first-order chi connectivity index (χ1) is 9.47. The number of nitro groups is 1. The second-order valence-corrected chi connectivity index (χ2v) is 4.93. The van der Waals surface area contributed by atoms with Crippen LogP contribution in [0.25, 0.3) is 0 Å². The lowest BCUT2D eigenvalue weighted by atomic mass is 10.1. The van der Waals surface area contributed by atoms with Gasteiger partial charge in [0.2, 0.25) is 0 Å². The van der Waals surface area contributed by atoms with Gasteiger partial charge in [-0.25, -0.2) is 8.78 Å². The molecule has 2 aromatic carbocycles. The van der Waals surface area contributed by atoms with Crippen LogP contribution < -0.4 is 5.32 Å². The Kier molecular flexibility index (Phi) is 4.29. The molecule has 0 aliphatic rings. The van der Waals surface area contributed by atoms with Gasteiger partial charge in [-0.2, -0.15) is 0 Å². The molecule has 0 bridgehead atoms. The SMILES string of the molecule is O=[N+]([O-])c1cc(Br)ccc1CNc1ccc(F)c(F)c1. The fraction of sp³-hybridized carbons (Fsp3) is 0.0769. The molecule has 0 fully saturated rings. The van der Waals surface area contributed by atoms with Crippen molar-refractivity contribution in [2.24, 2.45) is 0 Å². The summed E-state index contributed by atoms with van der Waals surface area (Å²) in [4.78, 5) is 10.4. The van der Waals surface area contributed by atoms with Crippen LogP contribution in [-0.2, 0) is 6.54 Å². The lowest BCUT2D eigenvalue weighted by Gasteiger charge is -2.08. The zero-order valence-electron chi connectivity index (χ0n) is 10.1. The Balaban J connectivity index is 2.18. The van der Waals surface area contributed by atoms with Gasteiger partial charge in [-0.05, 0) is 24.3 Å². The Morgan fingerprint density at radius 3 is 2.55 bits per heavy atom. The highest BCUT2D eigenvalue weighted by atomic mass is 79.9. The van der Waals surface area contributed by atoms with Gasteiger partial charge in [-0.1, -0.05) is 15.9 Å². The van der Waals surface area contributed by atoms with Crippen LogP contribution in [0.3, 0.4) is 0 Å². The Labute approximate surface area is 121 Å². The van der Waals surface area contributed by atoms with Crippen LogP contribution in [0.5, 0.6) is 0 Å². The molecule has 0 heterocycles. The van der Waals surface area contributed by atoms with Gasteiger partial charge in [0.25, 0.3) is 5.69 Å². The monoisotopic (exact) mass is 342 g/mol. The van der Waals surface area contributed by atoms with Crippen molar-refractivity contribution in [3.63, 3.8) is 0 Å². The molecular formula is C13H9BrF2N2O2. The van der Waals surface area contributed by atoms with Crippen molar-refractivity contribution in [3.05, 3.63) is 68.2 Å². The average Bonchev–Trinajstić information content (AvgIpc) is 2.41. The molecule has 0 unspecified atom stereocenters. The molecule has 2 aromatic rings. The summed E-state index contributed by atoms with van der Waals surface area (Å²) >= 11 is 3.16. The number of nitrogens with one attached hydrogen (secondary N) is 1. The maximum atomic E-state index is 13.0. The molecule has 0 saturated carbocycles. The third-order valence-electron chi connectivity index (χ3n) is 2.65. The minimum atomic E-state index is -0.972. The number of halogens is 3. The minimum Gasteiger partial charge on any atom is -0.381 e. The van der Waals surface area contributed by atoms with E-state index < -0.39 is 16.6 Å². The van der Waals surface area contributed by atoms with Crippen LogP contribution in [-0.4, -0.2) is 4.92 Å². The highest BCUT2D eigenvalue weighted by molar-refractivity contribution is 9.10. The fourth-order valence-electron chi connectivity index (χ4n) is 1.66. The van der Waals surface area contributed by atoms with E-state index in [2.05, 4.69) is 21.2 Å². The van der Waals surface area contributed by atoms with Crippen molar-refractivity contribution in [3.8, 4) is 0 Å². The van der Waals surface area contributed by atoms with Gasteiger partial charge in [0.05, 0.1) is 4.92 Å². The third-order valence-corrected chi connectivity index (χ3v) is 3.14. The number of hydrogen-bond acceptors (Lipinski definition) is 3. The molecule has 0 atom stereocenters. The molecule has 0 spiro atoms. The first-order valence-corrected chi connectivity index (χ1v) is 6.38. The first kappa shape index (κ1) is 14.4. The zero-order chi connectivity index (χ0) is 14.7. The summed E-state index contributed by atoms with van der Waals surface area (Å²) in [5.74, 6) is -1.91. The Morgan fingerprint density at radius 1 is 1.15 bits per heavy atom. The quantitative estimate of drug-likeness (QED) is 0.667. The van der Waals surface area contributed by atoms with E-state index in [0.29, 0.717) is 15.7 Å². The zero-order valence-corrected chi connectivity index (χ0v) is 11.7. The molecule has 0 aromatic heterocycles. The van der Waals surface area contributed by atoms with Gasteiger partial charge < -0.3 is 5.32 Å². The van der Waals surface area contributed by atoms with E-state index in [1.165, 1.54) is 12.1 Å². The molecule has 4 nitrogen and oxygen atoms in total. The molecule has 7 heteroatoms. The standard InChI is InChI=1S/C13H9BrF2N2O2/c14-9-2-1-8(13(5-9)18(19)20)7-17-10-3-4-11(15)12(16)6-10/h1-6,17H,7H2. The molecule has 20 heavy (non-hydrogen) atoms. The average molecular weight is 343 g/mol. The van der Waals surface area contributed by atoms with E-state index in [1.54, 1.807) is 12.1 Å². The highest BCUT2D eigenvalue weighted by Crippen LogP contribution is 2.24. The largest absolute Gasteiger partial charge is 0.381 e. The van der Waals surface area contributed by atoms with E-state index in [-0.39, 0.29) is 12.2 Å². The van der Waals surface area contributed by atoms with Crippen LogP contribution in [0.15, 0.2) is 40.9 Å². The molecule has 1 N–H and O–H groups in total. The van der Waals surface area contributed by atoms with Crippen LogP contribution in [0.1, 0.15) is 5.56 Å². The number of benzene rings is 2. The molecule has 0 aliphatic carbocycles. The highest BCUT2D eigenvalue weighted by Gasteiger charge is 2.14. The number of nitro benzene ring substituents is 1. The maximum Gasteiger partial charge on any atom is 0.275 e. The Hall–Kier alpha value is -2.02. The molecule has 0 saturated heterocycles. The number of nitrogens with zero attached hydrogens (tertiary/aromatic N) is 1. The normalized spacial score (nSPS) is 10.3. The van der Waals surface area contributed by atoms with Gasteiger partial charge >= 0.3 is 0 Å². The number of anilines is 1. The van der Waals surface area contributed by atoms with Crippen molar-refractivity contribution >= 4 is 27.3 Å². The van der Waals surface area contributed by atoms with E-state index in [4.69, 9.17) is 0 Å². The number of hydrogen-bond donors (Lipinski definition) is 1. The summed E-state index contributed by atoms with van der Waals surface area (Å²) in [6.45, 7) is 0.134. The van der Waals surface area contributed by atoms with Crippen LogP contribution >= 0.6 is 15.9 Å². The number of rotatable bonds is 4. The summed E-state index contributed by atoms with van der Waals surface area (Å²) in [5, 5.41) is 13.7. The van der Waals surface area contributed by atoms with Crippen molar-refractivity contribution < 1.29 is 13.7 Å². The summed E-state index contributed by atoms with van der Waals surface area (Å²) in [6, 6.07) is 8.02. The van der Waals surface area contributed by atoms with Gasteiger partial charge in [-0.3, -0.25) is 10.1 Å². The lowest BCUT2D eigenvalue weighted by Crippen LogP contribution is -2.03. The summed E-state index contributed by atoms with van der Waals surface area (Å²) in [5.41, 5.74) is 0.749. The van der Waals surface area contributed by atoms with Crippen molar-refractivity contribution in [2.75, 3.05) is 5.32 Å². The fourth-order valence-corrected chi connectivity index (χ4v) is 2.01. The van der Waals surface area contributed by atoms with E-state index >= 15 is 0 Å². The predicted octanol–water partition coefficient (Wildman–Crippen LogP) is 4.25. The van der Waals surface area contributed by atoms with E-state index in [0.717, 1.165) is 12.1 Å². The van der Waals surface area contributed by atoms with E-state index in [9.17, 15) is 18.9 Å². The molecule has 0 aliphatic heterocycles. The Morgan fingerprint density at radius 2 is 1.90 bits per heavy atom. The molecule has 0 amide bonds.